The number of anilines is 2. The topological polar surface area (TPSA) is 66.9 Å². The number of hydrogen-bond acceptors (Lipinski definition) is 4. The summed E-state index contributed by atoms with van der Waals surface area (Å²) in [4.78, 5) is 12.8. The van der Waals surface area contributed by atoms with Gasteiger partial charge < -0.3 is 10.6 Å². The van der Waals surface area contributed by atoms with Crippen LogP contribution in [0.1, 0.15) is 36.2 Å². The normalized spacial score (nSPS) is 14.4. The first kappa shape index (κ1) is 18.0. The van der Waals surface area contributed by atoms with Crippen LogP contribution in [0.5, 0.6) is 0 Å². The number of carbonyl (C=O) groups excluding carboxylic acids is 1. The molecule has 1 aliphatic carbocycles. The lowest BCUT2D eigenvalue weighted by Gasteiger charge is -2.16. The van der Waals surface area contributed by atoms with Gasteiger partial charge in [0.05, 0.1) is 10.0 Å². The molecule has 0 radical (unpaired) electrons. The lowest BCUT2D eigenvalue weighted by Crippen LogP contribution is -2.19. The van der Waals surface area contributed by atoms with Crippen molar-refractivity contribution in [2.24, 2.45) is 0 Å². The van der Waals surface area contributed by atoms with Gasteiger partial charge in [0.1, 0.15) is 0 Å². The van der Waals surface area contributed by atoms with E-state index < -0.39 is 0 Å². The Morgan fingerprint density at radius 3 is 2.33 bits per heavy atom. The number of rotatable bonds is 4. The molecule has 0 spiro atoms. The number of nitrogens with zero attached hydrogens (tertiary/aromatic N) is 2. The van der Waals surface area contributed by atoms with E-state index in [1.54, 1.807) is 12.1 Å². The van der Waals surface area contributed by atoms with Crippen LogP contribution in [0.15, 0.2) is 42.5 Å². The van der Waals surface area contributed by atoms with Gasteiger partial charge in [0.25, 0.3) is 5.91 Å². The fourth-order valence-corrected chi connectivity index (χ4v) is 3.72. The van der Waals surface area contributed by atoms with Crippen molar-refractivity contribution in [1.82, 2.24) is 10.2 Å². The molecular weight excluding hydrogens is 383 g/mol. The predicted octanol–water partition coefficient (Wildman–Crippen LogP) is 5.54. The summed E-state index contributed by atoms with van der Waals surface area (Å²) in [5.41, 5.74) is 0.898. The minimum absolute atomic E-state index is 0.212. The van der Waals surface area contributed by atoms with Crippen molar-refractivity contribution in [3.05, 3.63) is 58.2 Å². The van der Waals surface area contributed by atoms with E-state index in [-0.39, 0.29) is 11.6 Å². The van der Waals surface area contributed by atoms with E-state index in [1.165, 1.54) is 12.8 Å². The minimum atomic E-state index is -0.343. The minimum Gasteiger partial charge on any atom is -0.365 e. The van der Waals surface area contributed by atoms with Gasteiger partial charge >= 0.3 is 0 Å². The molecule has 1 fully saturated rings. The summed E-state index contributed by atoms with van der Waals surface area (Å²) in [7, 11) is 0. The molecule has 1 saturated carbocycles. The van der Waals surface area contributed by atoms with Gasteiger partial charge in [0.15, 0.2) is 11.5 Å². The largest absolute Gasteiger partial charge is 0.365 e. The highest BCUT2D eigenvalue weighted by molar-refractivity contribution is 6.43. The lowest BCUT2D eigenvalue weighted by atomic mass is 10.1. The molecule has 0 atom stereocenters. The van der Waals surface area contributed by atoms with E-state index in [0.29, 0.717) is 33.0 Å². The van der Waals surface area contributed by atoms with Crippen molar-refractivity contribution >= 4 is 51.4 Å². The molecule has 0 aliphatic heterocycles. The van der Waals surface area contributed by atoms with Gasteiger partial charge in [-0.3, -0.25) is 4.79 Å². The van der Waals surface area contributed by atoms with E-state index in [1.807, 2.05) is 30.3 Å². The Hall–Kier alpha value is -2.37. The maximum absolute atomic E-state index is 12.8. The Balaban J connectivity index is 1.74. The SMILES string of the molecule is O=C(Nc1ccccc1)c1nnc(NC2CCCC2)c2cc(Cl)c(Cl)cc12. The molecule has 1 aromatic heterocycles. The molecule has 27 heavy (non-hydrogen) atoms. The number of nitrogens with one attached hydrogen (secondary N) is 2. The first-order valence-electron chi connectivity index (χ1n) is 8.90. The number of aromatic nitrogens is 2. The smallest absolute Gasteiger partial charge is 0.276 e. The highest BCUT2D eigenvalue weighted by atomic mass is 35.5. The summed E-state index contributed by atoms with van der Waals surface area (Å²) in [5, 5.41) is 16.9. The summed E-state index contributed by atoms with van der Waals surface area (Å²) < 4.78 is 0. The van der Waals surface area contributed by atoms with E-state index in [2.05, 4.69) is 20.8 Å². The Kier molecular flexibility index (Phi) is 5.14. The third-order valence-corrected chi connectivity index (χ3v) is 5.49. The third kappa shape index (κ3) is 3.84. The van der Waals surface area contributed by atoms with Crippen LogP contribution in [0.2, 0.25) is 10.0 Å². The Labute approximate surface area is 167 Å². The molecule has 0 saturated heterocycles. The molecule has 0 bridgehead atoms. The lowest BCUT2D eigenvalue weighted by molar-refractivity contribution is 0.102. The Morgan fingerprint density at radius 2 is 1.63 bits per heavy atom. The molecule has 3 aromatic rings. The molecule has 2 N–H and O–H groups in total. The van der Waals surface area contributed by atoms with Gasteiger partial charge in [0, 0.05) is 22.5 Å². The van der Waals surface area contributed by atoms with E-state index in [0.717, 1.165) is 18.2 Å². The van der Waals surface area contributed by atoms with Gasteiger partial charge in [-0.15, -0.1) is 10.2 Å². The number of para-hydroxylation sites is 1. The zero-order valence-corrected chi connectivity index (χ0v) is 16.0. The van der Waals surface area contributed by atoms with Gasteiger partial charge in [-0.25, -0.2) is 0 Å². The second kappa shape index (κ2) is 7.71. The summed E-state index contributed by atoms with van der Waals surface area (Å²) in [6.07, 6.45) is 4.60. The van der Waals surface area contributed by atoms with Gasteiger partial charge in [0.2, 0.25) is 0 Å². The van der Waals surface area contributed by atoms with Gasteiger partial charge in [-0.05, 0) is 37.1 Å². The van der Waals surface area contributed by atoms with E-state index >= 15 is 0 Å². The fraction of sp³-hybridized carbons (Fsp3) is 0.250. The van der Waals surface area contributed by atoms with Crippen molar-refractivity contribution in [3.8, 4) is 0 Å². The van der Waals surface area contributed by atoms with Crippen molar-refractivity contribution < 1.29 is 4.79 Å². The molecule has 4 rings (SSSR count). The van der Waals surface area contributed by atoms with Crippen molar-refractivity contribution in [2.45, 2.75) is 31.7 Å². The van der Waals surface area contributed by atoms with Crippen molar-refractivity contribution in [3.63, 3.8) is 0 Å². The number of amides is 1. The van der Waals surface area contributed by atoms with Crippen LogP contribution in [0.3, 0.4) is 0 Å². The molecule has 1 amide bonds. The highest BCUT2D eigenvalue weighted by Crippen LogP contribution is 2.33. The van der Waals surface area contributed by atoms with Crippen molar-refractivity contribution in [1.29, 1.82) is 0 Å². The monoisotopic (exact) mass is 400 g/mol. The molecule has 1 heterocycles. The molecule has 0 unspecified atom stereocenters. The number of hydrogen-bond donors (Lipinski definition) is 2. The van der Waals surface area contributed by atoms with E-state index in [9.17, 15) is 4.79 Å². The third-order valence-electron chi connectivity index (χ3n) is 4.76. The molecule has 5 nitrogen and oxygen atoms in total. The average molecular weight is 401 g/mol. The van der Waals surface area contributed by atoms with Crippen LogP contribution in [0, 0.1) is 0 Å². The van der Waals surface area contributed by atoms with Gasteiger partial charge in [-0.1, -0.05) is 54.2 Å². The number of carbonyl (C=O) groups is 1. The second-order valence-electron chi connectivity index (χ2n) is 6.65. The summed E-state index contributed by atoms with van der Waals surface area (Å²) in [6, 6.07) is 13.0. The first-order valence-corrected chi connectivity index (χ1v) is 9.66. The second-order valence-corrected chi connectivity index (χ2v) is 7.47. The standard InChI is InChI=1S/C20H18Cl2N4O/c21-16-10-14-15(11-17(16)22)19(23-12-8-4-5-9-12)26-25-18(14)20(27)24-13-6-2-1-3-7-13/h1-3,6-7,10-12H,4-5,8-9H2,(H,23,26)(H,24,27). The average Bonchev–Trinajstić information content (AvgIpc) is 3.17. The maximum atomic E-state index is 12.8. The van der Waals surface area contributed by atoms with Crippen LogP contribution >= 0.6 is 23.2 Å². The van der Waals surface area contributed by atoms with Crippen LogP contribution in [0.4, 0.5) is 11.5 Å². The quantitative estimate of drug-likeness (QED) is 0.602. The number of benzene rings is 2. The van der Waals surface area contributed by atoms with Crippen LogP contribution in [-0.2, 0) is 0 Å². The van der Waals surface area contributed by atoms with Crippen LogP contribution in [0.25, 0.3) is 10.8 Å². The summed E-state index contributed by atoms with van der Waals surface area (Å²) in [6.45, 7) is 0. The predicted molar refractivity (Wildman–Crippen MR) is 110 cm³/mol. The maximum Gasteiger partial charge on any atom is 0.276 e. The Bertz CT molecular complexity index is 988. The fourth-order valence-electron chi connectivity index (χ4n) is 3.40. The molecular formula is C20H18Cl2N4O. The van der Waals surface area contributed by atoms with Crippen LogP contribution < -0.4 is 10.6 Å². The molecule has 7 heteroatoms. The highest BCUT2D eigenvalue weighted by Gasteiger charge is 2.21. The Morgan fingerprint density at radius 1 is 0.963 bits per heavy atom. The number of fused-ring (bicyclic) bond motifs is 1. The molecule has 138 valence electrons. The molecule has 1 aliphatic rings. The zero-order chi connectivity index (χ0) is 18.8. The molecule has 2 aromatic carbocycles. The summed E-state index contributed by atoms with van der Waals surface area (Å²) >= 11 is 12.4. The van der Waals surface area contributed by atoms with E-state index in [4.69, 9.17) is 23.2 Å². The summed E-state index contributed by atoms with van der Waals surface area (Å²) in [5.74, 6) is 0.288. The zero-order valence-electron chi connectivity index (χ0n) is 14.5. The number of halogens is 2. The van der Waals surface area contributed by atoms with Gasteiger partial charge in [-0.2, -0.15) is 0 Å². The first-order chi connectivity index (χ1) is 13.1. The van der Waals surface area contributed by atoms with Crippen LogP contribution in [-0.4, -0.2) is 22.1 Å². The van der Waals surface area contributed by atoms with Crippen molar-refractivity contribution in [2.75, 3.05) is 10.6 Å².